The van der Waals surface area contributed by atoms with E-state index in [4.69, 9.17) is 14.2 Å². The molecule has 2 heterocycles. The van der Waals surface area contributed by atoms with Crippen LogP contribution in [0, 0.1) is 5.92 Å². The molecule has 2 atom stereocenters. The zero-order valence-corrected chi connectivity index (χ0v) is 14.9. The number of carbonyl (C=O) groups is 1. The van der Waals surface area contributed by atoms with Crippen LogP contribution in [-0.2, 0) is 9.47 Å². The van der Waals surface area contributed by atoms with E-state index in [0.717, 1.165) is 31.9 Å². The Morgan fingerprint density at radius 1 is 1.40 bits per heavy atom. The number of nitrogens with zero attached hydrogens (tertiary/aromatic N) is 1. The van der Waals surface area contributed by atoms with Gasteiger partial charge in [-0.1, -0.05) is 12.5 Å². The van der Waals surface area contributed by atoms with Gasteiger partial charge in [-0.2, -0.15) is 0 Å². The smallest absolute Gasteiger partial charge is 0.254 e. The number of ether oxygens (including phenoxy) is 3. The van der Waals surface area contributed by atoms with Crippen molar-refractivity contribution < 1.29 is 19.0 Å². The lowest BCUT2D eigenvalue weighted by molar-refractivity contribution is -0.00815. The maximum Gasteiger partial charge on any atom is 0.254 e. The minimum absolute atomic E-state index is 0.0539. The summed E-state index contributed by atoms with van der Waals surface area (Å²) in [7, 11) is 1.62. The van der Waals surface area contributed by atoms with Crippen molar-refractivity contribution in [1.29, 1.82) is 0 Å². The highest BCUT2D eigenvalue weighted by Gasteiger charge is 2.47. The number of likely N-dealkylation sites (tertiary alicyclic amines) is 1. The molecule has 0 unspecified atom stereocenters. The summed E-state index contributed by atoms with van der Waals surface area (Å²) in [6, 6.07) is 7.35. The Balaban J connectivity index is 1.33. The summed E-state index contributed by atoms with van der Waals surface area (Å²) in [4.78, 5) is 14.7. The first-order valence-corrected chi connectivity index (χ1v) is 9.36. The molecule has 0 bridgehead atoms. The summed E-state index contributed by atoms with van der Waals surface area (Å²) < 4.78 is 17.4. The van der Waals surface area contributed by atoms with Crippen molar-refractivity contribution in [2.45, 2.75) is 43.8 Å². The fourth-order valence-electron chi connectivity index (χ4n) is 4.08. The Morgan fingerprint density at radius 2 is 2.28 bits per heavy atom. The maximum absolute atomic E-state index is 12.8. The molecule has 1 spiro atoms. The van der Waals surface area contributed by atoms with Gasteiger partial charge in [0.05, 0.1) is 32.0 Å². The zero-order valence-electron chi connectivity index (χ0n) is 14.9. The molecule has 0 radical (unpaired) electrons. The molecule has 1 aliphatic carbocycles. The van der Waals surface area contributed by atoms with E-state index in [-0.39, 0.29) is 17.6 Å². The monoisotopic (exact) mass is 345 g/mol. The van der Waals surface area contributed by atoms with Crippen LogP contribution in [0.1, 0.15) is 42.5 Å². The van der Waals surface area contributed by atoms with E-state index in [1.807, 2.05) is 23.1 Å². The molecule has 5 nitrogen and oxygen atoms in total. The second-order valence-electron chi connectivity index (χ2n) is 7.66. The first-order valence-electron chi connectivity index (χ1n) is 9.36. The van der Waals surface area contributed by atoms with Crippen LogP contribution < -0.4 is 4.74 Å². The molecule has 25 heavy (non-hydrogen) atoms. The molecule has 1 amide bonds. The number of rotatable bonds is 5. The van der Waals surface area contributed by atoms with Crippen LogP contribution in [0.15, 0.2) is 24.3 Å². The zero-order chi connectivity index (χ0) is 17.3. The summed E-state index contributed by atoms with van der Waals surface area (Å²) in [5, 5.41) is 0. The van der Waals surface area contributed by atoms with Crippen LogP contribution in [-0.4, -0.2) is 55.9 Å². The van der Waals surface area contributed by atoms with Crippen LogP contribution in [0.3, 0.4) is 0 Å². The van der Waals surface area contributed by atoms with Gasteiger partial charge in [-0.3, -0.25) is 4.79 Å². The van der Waals surface area contributed by atoms with Crippen molar-refractivity contribution in [3.05, 3.63) is 29.8 Å². The van der Waals surface area contributed by atoms with Gasteiger partial charge >= 0.3 is 0 Å². The Hall–Kier alpha value is -1.59. The van der Waals surface area contributed by atoms with Gasteiger partial charge in [-0.15, -0.1) is 0 Å². The predicted octanol–water partition coefficient (Wildman–Crippen LogP) is 2.89. The number of carbonyl (C=O) groups excluding carboxylic acids is 1. The topological polar surface area (TPSA) is 48.0 Å². The van der Waals surface area contributed by atoms with E-state index in [2.05, 4.69) is 0 Å². The highest BCUT2D eigenvalue weighted by molar-refractivity contribution is 5.94. The van der Waals surface area contributed by atoms with Crippen molar-refractivity contribution in [2.24, 2.45) is 5.92 Å². The second kappa shape index (κ2) is 6.96. The summed E-state index contributed by atoms with van der Waals surface area (Å²) in [6.45, 7) is 2.93. The largest absolute Gasteiger partial charge is 0.497 e. The van der Waals surface area contributed by atoms with Crippen LogP contribution in [0.5, 0.6) is 5.75 Å². The number of hydrogen-bond donors (Lipinski definition) is 0. The normalized spacial score (nSPS) is 29.2. The van der Waals surface area contributed by atoms with Crippen molar-refractivity contribution in [2.75, 3.05) is 33.4 Å². The fraction of sp³-hybridized carbons (Fsp3) is 0.650. The molecular formula is C20H27NO4. The van der Waals surface area contributed by atoms with Crippen LogP contribution in [0.4, 0.5) is 0 Å². The first kappa shape index (κ1) is 16.9. The Bertz CT molecular complexity index is 630. The number of amides is 1. The van der Waals surface area contributed by atoms with Crippen LogP contribution in [0.2, 0.25) is 0 Å². The Labute approximate surface area is 149 Å². The van der Waals surface area contributed by atoms with Crippen LogP contribution >= 0.6 is 0 Å². The van der Waals surface area contributed by atoms with Gasteiger partial charge in [-0.05, 0) is 43.4 Å². The van der Waals surface area contributed by atoms with Gasteiger partial charge in [0, 0.05) is 25.1 Å². The van der Waals surface area contributed by atoms with Crippen molar-refractivity contribution >= 4 is 5.91 Å². The molecule has 2 saturated heterocycles. The third-order valence-corrected chi connectivity index (χ3v) is 5.89. The highest BCUT2D eigenvalue weighted by atomic mass is 16.6. The van der Waals surface area contributed by atoms with Crippen molar-refractivity contribution in [1.82, 2.24) is 4.90 Å². The van der Waals surface area contributed by atoms with Gasteiger partial charge in [0.2, 0.25) is 0 Å². The lowest BCUT2D eigenvalue weighted by atomic mass is 9.86. The molecule has 4 rings (SSSR count). The fourth-order valence-corrected chi connectivity index (χ4v) is 4.08. The molecule has 0 N–H and O–H groups in total. The van der Waals surface area contributed by atoms with E-state index in [1.165, 1.54) is 19.3 Å². The minimum atomic E-state index is -0.210. The van der Waals surface area contributed by atoms with E-state index < -0.39 is 0 Å². The third kappa shape index (κ3) is 3.53. The Kier molecular flexibility index (Phi) is 4.69. The summed E-state index contributed by atoms with van der Waals surface area (Å²) >= 11 is 0. The number of hydrogen-bond acceptors (Lipinski definition) is 4. The quantitative estimate of drug-likeness (QED) is 0.823. The second-order valence-corrected chi connectivity index (χ2v) is 7.66. The summed E-state index contributed by atoms with van der Waals surface area (Å²) in [5.74, 6) is 1.52. The van der Waals surface area contributed by atoms with Crippen molar-refractivity contribution in [3.63, 3.8) is 0 Å². The molecule has 3 fully saturated rings. The molecule has 136 valence electrons. The van der Waals surface area contributed by atoms with Gasteiger partial charge < -0.3 is 19.1 Å². The summed E-state index contributed by atoms with van der Waals surface area (Å²) in [5.41, 5.74) is 0.464. The Morgan fingerprint density at radius 3 is 3.04 bits per heavy atom. The van der Waals surface area contributed by atoms with Crippen molar-refractivity contribution in [3.8, 4) is 5.75 Å². The van der Waals surface area contributed by atoms with Crippen LogP contribution in [0.25, 0.3) is 0 Å². The predicted molar refractivity (Wildman–Crippen MR) is 93.9 cm³/mol. The molecule has 5 heteroatoms. The van der Waals surface area contributed by atoms with E-state index >= 15 is 0 Å². The van der Waals surface area contributed by atoms with E-state index in [9.17, 15) is 4.79 Å². The lowest BCUT2D eigenvalue weighted by Gasteiger charge is -2.27. The molecular weight excluding hydrogens is 318 g/mol. The van der Waals surface area contributed by atoms with E-state index in [1.54, 1.807) is 13.2 Å². The van der Waals surface area contributed by atoms with Gasteiger partial charge in [-0.25, -0.2) is 0 Å². The molecule has 0 aromatic heterocycles. The molecule has 1 aromatic carbocycles. The minimum Gasteiger partial charge on any atom is -0.497 e. The van der Waals surface area contributed by atoms with E-state index in [0.29, 0.717) is 24.5 Å². The third-order valence-electron chi connectivity index (χ3n) is 5.89. The number of methoxy groups -OCH3 is 1. The van der Waals surface area contributed by atoms with Gasteiger partial charge in [0.1, 0.15) is 5.75 Å². The first-order chi connectivity index (χ1) is 12.2. The van der Waals surface area contributed by atoms with Gasteiger partial charge in [0.15, 0.2) is 0 Å². The average Bonchev–Trinajstić information content (AvgIpc) is 3.20. The molecule has 1 saturated carbocycles. The SMILES string of the molecule is COc1cccc(C(=O)N2CC[C@]3(C[C@@H](OCC4CCC4)CO3)C2)c1. The molecule has 1 aromatic rings. The standard InChI is InChI=1S/C20H27NO4/c1-23-17-7-3-6-16(10-17)19(22)21-9-8-20(14-21)11-18(13-25-20)24-12-15-4-2-5-15/h3,6-7,10,15,18H,2,4-5,8-9,11-14H2,1H3/t18-,20+/m1/s1. The number of benzene rings is 1. The summed E-state index contributed by atoms with van der Waals surface area (Å²) in [6.07, 6.45) is 5.95. The maximum atomic E-state index is 12.8. The molecule has 3 aliphatic rings. The highest BCUT2D eigenvalue weighted by Crippen LogP contribution is 2.37. The lowest BCUT2D eigenvalue weighted by Crippen LogP contribution is -2.36. The average molecular weight is 345 g/mol. The van der Waals surface area contributed by atoms with Gasteiger partial charge in [0.25, 0.3) is 5.91 Å². The molecule has 2 aliphatic heterocycles.